The van der Waals surface area contributed by atoms with Crippen molar-refractivity contribution < 1.29 is 14.3 Å². The molecule has 2 aromatic rings. The molecule has 0 radical (unpaired) electrons. The summed E-state index contributed by atoms with van der Waals surface area (Å²) >= 11 is 5.56. The van der Waals surface area contributed by atoms with Gasteiger partial charge in [0.15, 0.2) is 22.4 Å². The molecule has 1 heterocycles. The van der Waals surface area contributed by atoms with Crippen LogP contribution in [0.5, 0.6) is 11.5 Å². The van der Waals surface area contributed by atoms with E-state index in [0.29, 0.717) is 41.9 Å². The lowest BCUT2D eigenvalue weighted by molar-refractivity contribution is -0.114. The number of ether oxygens (including phenoxy) is 2. The third-order valence-corrected chi connectivity index (χ3v) is 6.12. The Morgan fingerprint density at radius 2 is 1.81 bits per heavy atom. The van der Waals surface area contributed by atoms with E-state index in [9.17, 15) is 4.79 Å². The Bertz CT molecular complexity index is 1060. The van der Waals surface area contributed by atoms with E-state index in [-0.39, 0.29) is 11.8 Å². The maximum Gasteiger partial charge on any atom is 0.173 e. The van der Waals surface area contributed by atoms with Crippen LogP contribution in [0.3, 0.4) is 0 Å². The van der Waals surface area contributed by atoms with E-state index < -0.39 is 0 Å². The molecule has 0 aliphatic carbocycles. The van der Waals surface area contributed by atoms with Gasteiger partial charge >= 0.3 is 0 Å². The second-order valence-corrected chi connectivity index (χ2v) is 8.43. The molecule has 170 valence electrons. The van der Waals surface area contributed by atoms with Gasteiger partial charge in [-0.05, 0) is 82.6 Å². The second kappa shape index (κ2) is 10.2. The first-order valence-corrected chi connectivity index (χ1v) is 11.4. The number of aryl methyl sites for hydroxylation is 2. The van der Waals surface area contributed by atoms with Gasteiger partial charge < -0.3 is 19.7 Å². The van der Waals surface area contributed by atoms with E-state index in [1.54, 1.807) is 6.92 Å². The summed E-state index contributed by atoms with van der Waals surface area (Å²) in [7, 11) is 0. The normalized spacial score (nSPS) is 16.1. The third kappa shape index (κ3) is 4.96. The first kappa shape index (κ1) is 23.8. The molecule has 5 nitrogen and oxygen atoms in total. The molecule has 1 atom stereocenters. The van der Waals surface area contributed by atoms with E-state index in [2.05, 4.69) is 37.4 Å². The van der Waals surface area contributed by atoms with Crippen LogP contribution in [0.15, 0.2) is 47.7 Å². The van der Waals surface area contributed by atoms with Crippen molar-refractivity contribution in [3.05, 3.63) is 69.9 Å². The van der Waals surface area contributed by atoms with Crippen molar-refractivity contribution in [2.24, 2.45) is 0 Å². The van der Waals surface area contributed by atoms with Crippen LogP contribution in [-0.4, -0.2) is 28.9 Å². The van der Waals surface area contributed by atoms with Crippen LogP contribution < -0.4 is 14.8 Å². The summed E-state index contributed by atoms with van der Waals surface area (Å²) in [6.45, 7) is 13.3. The van der Waals surface area contributed by atoms with Gasteiger partial charge in [0.25, 0.3) is 0 Å². The maximum absolute atomic E-state index is 12.5. The van der Waals surface area contributed by atoms with Gasteiger partial charge in [-0.25, -0.2) is 0 Å². The third-order valence-electron chi connectivity index (χ3n) is 5.78. The molecule has 0 saturated carbocycles. The lowest BCUT2D eigenvalue weighted by Gasteiger charge is -2.37. The monoisotopic (exact) mass is 452 g/mol. The van der Waals surface area contributed by atoms with Crippen LogP contribution in [0.25, 0.3) is 0 Å². The zero-order chi connectivity index (χ0) is 23.4. The largest absolute Gasteiger partial charge is 0.490 e. The average molecular weight is 453 g/mol. The summed E-state index contributed by atoms with van der Waals surface area (Å²) in [5, 5.41) is 3.96. The number of rotatable bonds is 8. The van der Waals surface area contributed by atoms with Crippen LogP contribution >= 0.6 is 12.2 Å². The Kier molecular flexibility index (Phi) is 7.56. The fraction of sp³-hybridized carbons (Fsp3) is 0.385. The molecule has 32 heavy (non-hydrogen) atoms. The molecule has 0 aromatic heterocycles. The van der Waals surface area contributed by atoms with Gasteiger partial charge in [-0.3, -0.25) is 4.79 Å². The van der Waals surface area contributed by atoms with Gasteiger partial charge in [0.1, 0.15) is 6.61 Å². The molecule has 6 heteroatoms. The highest BCUT2D eigenvalue weighted by molar-refractivity contribution is 7.80. The Morgan fingerprint density at radius 1 is 1.06 bits per heavy atom. The molecule has 0 fully saturated rings. The Morgan fingerprint density at radius 3 is 2.47 bits per heavy atom. The number of thiocarbonyl (C=S) groups is 1. The van der Waals surface area contributed by atoms with E-state index in [4.69, 9.17) is 21.7 Å². The minimum Gasteiger partial charge on any atom is -0.490 e. The molecular formula is C26H32N2O3S. The quantitative estimate of drug-likeness (QED) is 0.542. The number of benzene rings is 2. The Balaban J connectivity index is 1.94. The predicted molar refractivity (Wildman–Crippen MR) is 132 cm³/mol. The molecule has 0 amide bonds. The molecule has 3 rings (SSSR count). The average Bonchev–Trinajstić information content (AvgIpc) is 2.74. The summed E-state index contributed by atoms with van der Waals surface area (Å²) in [6.07, 6.45) is 0. The number of nitrogens with one attached hydrogen (secondary N) is 1. The van der Waals surface area contributed by atoms with Crippen molar-refractivity contribution in [3.8, 4) is 11.5 Å². The lowest BCUT2D eigenvalue weighted by Crippen LogP contribution is -2.47. The van der Waals surface area contributed by atoms with Gasteiger partial charge in [0.2, 0.25) is 0 Å². The van der Waals surface area contributed by atoms with Gasteiger partial charge in [0, 0.05) is 17.8 Å². The van der Waals surface area contributed by atoms with Crippen LogP contribution in [0.2, 0.25) is 0 Å². The van der Waals surface area contributed by atoms with Crippen LogP contribution in [-0.2, 0) is 11.4 Å². The minimum absolute atomic E-state index is 0.0224. The van der Waals surface area contributed by atoms with Gasteiger partial charge in [0.05, 0.1) is 12.6 Å². The zero-order valence-corrected chi connectivity index (χ0v) is 20.6. The summed E-state index contributed by atoms with van der Waals surface area (Å²) in [5.74, 6) is 1.35. The number of carbonyl (C=O) groups excluding carboxylic acids is 1. The molecule has 0 saturated heterocycles. The zero-order valence-electron chi connectivity index (χ0n) is 19.7. The number of allylic oxidation sites excluding steroid dienone is 1. The van der Waals surface area contributed by atoms with E-state index >= 15 is 0 Å². The highest BCUT2D eigenvalue weighted by Gasteiger charge is 2.32. The van der Waals surface area contributed by atoms with Crippen LogP contribution in [0.4, 0.5) is 0 Å². The van der Waals surface area contributed by atoms with Gasteiger partial charge in [-0.2, -0.15) is 0 Å². The number of hydrogen-bond acceptors (Lipinski definition) is 4. The summed E-state index contributed by atoms with van der Waals surface area (Å²) < 4.78 is 12.1. The summed E-state index contributed by atoms with van der Waals surface area (Å²) in [6, 6.07) is 11.9. The van der Waals surface area contributed by atoms with Gasteiger partial charge in [-0.1, -0.05) is 29.8 Å². The molecular weight excluding hydrogens is 420 g/mol. The van der Waals surface area contributed by atoms with Crippen LogP contribution in [0, 0.1) is 13.8 Å². The molecule has 0 bridgehead atoms. The Labute approximate surface area is 196 Å². The lowest BCUT2D eigenvalue weighted by atomic mass is 9.92. The molecule has 1 N–H and O–H groups in total. The van der Waals surface area contributed by atoms with E-state index in [0.717, 1.165) is 16.8 Å². The molecule has 1 unspecified atom stereocenters. The SMILES string of the molecule is CCOc1cc(C2NC(=S)N(CC)C(C)=C2C(C)=O)ccc1OCc1cc(C)ccc1C. The standard InChI is InChI=1S/C26H32N2O3S/c1-7-28-18(5)24(19(6)29)25(27-26(28)32)20-11-12-22(23(14-20)30-8-2)31-15-21-13-16(3)9-10-17(21)4/h9-14,25H,7-8,15H2,1-6H3,(H,27,32). The number of ketones is 1. The highest BCUT2D eigenvalue weighted by atomic mass is 32.1. The fourth-order valence-electron chi connectivity index (χ4n) is 4.07. The number of carbonyl (C=O) groups is 1. The topological polar surface area (TPSA) is 50.8 Å². The van der Waals surface area contributed by atoms with Crippen molar-refractivity contribution in [1.82, 2.24) is 10.2 Å². The van der Waals surface area contributed by atoms with Crippen molar-refractivity contribution in [2.45, 2.75) is 54.2 Å². The fourth-order valence-corrected chi connectivity index (χ4v) is 4.46. The Hall–Kier alpha value is -2.86. The first-order chi connectivity index (χ1) is 15.3. The number of hydrogen-bond donors (Lipinski definition) is 1. The predicted octanol–water partition coefficient (Wildman–Crippen LogP) is 5.40. The van der Waals surface area contributed by atoms with E-state index in [1.807, 2.05) is 43.9 Å². The number of Topliss-reactive ketones (excluding diaryl/α,β-unsaturated/α-hetero) is 1. The smallest absolute Gasteiger partial charge is 0.173 e. The molecule has 2 aromatic carbocycles. The second-order valence-electron chi connectivity index (χ2n) is 8.04. The van der Waals surface area contributed by atoms with Crippen molar-refractivity contribution in [2.75, 3.05) is 13.2 Å². The number of nitrogens with zero attached hydrogens (tertiary/aromatic N) is 1. The molecule has 0 spiro atoms. The maximum atomic E-state index is 12.5. The van der Waals surface area contributed by atoms with Crippen molar-refractivity contribution in [1.29, 1.82) is 0 Å². The summed E-state index contributed by atoms with van der Waals surface area (Å²) in [4.78, 5) is 14.5. The molecule has 1 aliphatic heterocycles. The molecule has 1 aliphatic rings. The van der Waals surface area contributed by atoms with Crippen molar-refractivity contribution >= 4 is 23.1 Å². The minimum atomic E-state index is -0.324. The van der Waals surface area contributed by atoms with Crippen LogP contribution in [0.1, 0.15) is 56.0 Å². The van der Waals surface area contributed by atoms with Crippen molar-refractivity contribution in [3.63, 3.8) is 0 Å². The van der Waals surface area contributed by atoms with E-state index in [1.165, 1.54) is 11.1 Å². The summed E-state index contributed by atoms with van der Waals surface area (Å²) in [5.41, 5.74) is 6.06. The highest BCUT2D eigenvalue weighted by Crippen LogP contribution is 2.36. The van der Waals surface area contributed by atoms with Gasteiger partial charge in [-0.15, -0.1) is 0 Å². The first-order valence-electron chi connectivity index (χ1n) is 11.0.